The van der Waals surface area contributed by atoms with Crippen LogP contribution in [0, 0.1) is 105 Å². The molecule has 3 radical (unpaired) electrons. The van der Waals surface area contributed by atoms with E-state index < -0.39 is 5.41 Å². The summed E-state index contributed by atoms with van der Waals surface area (Å²) in [6.07, 6.45) is 3.67. The summed E-state index contributed by atoms with van der Waals surface area (Å²) in [6.45, 7) is 54.4. The average Bonchev–Trinajstić information content (AvgIpc) is 1.56. The van der Waals surface area contributed by atoms with Crippen LogP contribution in [0.4, 0.5) is 0 Å². The first-order valence-electron chi connectivity index (χ1n) is 45.3. The van der Waals surface area contributed by atoms with Crippen molar-refractivity contribution in [1.82, 2.24) is 15.0 Å². The third-order valence-corrected chi connectivity index (χ3v) is 25.1. The molecular formula is C122H124Ir3N3O6-3. The minimum atomic E-state index is -0.417. The van der Waals surface area contributed by atoms with Gasteiger partial charge in [0.1, 0.15) is 5.76 Å². The number of hydrogen-bond acceptors (Lipinski definition) is 9. The standard InChI is InChI=1S/2C34H30N.C33H28N.C11H20O2.2C5H8O2.3Ir/c1-20-11-12-23(4)26(16-20)27-18-32(24-14-21(2)13-22(3)15-24)35-33-19-31-28(17-29(27)33)25-9-7-8-10-30(25)34(31,5)6;1-20-11-12-25(23(4)14-20)27-18-32(24-15-21(2)13-22(3)16-24)35-33-19-31-28(17-29(27)33)26-9-7-8-10-30(26)34(31,5)6;1-20-9-8-10-23(14-20)26-18-31(24-15-21(2)13-22(3)16-24)34-32-19-30-27(17-28(26)32)25-11-6-7-12-29(25)33(30,4)5;1-10(2,3)8(12)7-9(13)11(4,5)6;2*1-4(6)3-5(2)7;;;/h7-14,16-19H,1-6H3;7-15,17-19H,1-6H3;6-15,17-19H,1-5H3;7,12H,1-6H3;2*3,6H,1-2H3;;;/q3*-1;;;;;;. The number of aliphatic hydroxyl groups is 3. The van der Waals surface area contributed by atoms with E-state index in [1.54, 1.807) is 0 Å². The Hall–Kier alpha value is -11.6. The molecule has 3 aromatic heterocycles. The fraction of sp³-hybridized carbons (Fsp3) is 0.262. The van der Waals surface area contributed by atoms with E-state index in [2.05, 4.69) is 360 Å². The molecule has 18 rings (SSSR count). The molecule has 0 fully saturated rings. The second-order valence-corrected chi connectivity index (χ2v) is 39.9. The van der Waals surface area contributed by atoms with Gasteiger partial charge in [-0.3, -0.25) is 29.3 Å². The van der Waals surface area contributed by atoms with Crippen molar-refractivity contribution in [2.45, 2.75) is 203 Å². The zero-order valence-corrected chi connectivity index (χ0v) is 89.7. The van der Waals surface area contributed by atoms with Crippen molar-refractivity contribution in [3.63, 3.8) is 0 Å². The van der Waals surface area contributed by atoms with Crippen LogP contribution in [0.2, 0.25) is 0 Å². The number of aryl methyl sites for hydroxylation is 11. The summed E-state index contributed by atoms with van der Waals surface area (Å²) in [5.41, 5.74) is 45.5. The Bertz CT molecular complexity index is 7080. The number of ketones is 3. The van der Waals surface area contributed by atoms with Gasteiger partial charge in [-0.1, -0.05) is 293 Å². The molecule has 0 bridgehead atoms. The van der Waals surface area contributed by atoms with E-state index in [-0.39, 0.29) is 117 Å². The summed E-state index contributed by atoms with van der Waals surface area (Å²) in [6, 6.07) is 93.4. The fourth-order valence-electron chi connectivity index (χ4n) is 18.6. The van der Waals surface area contributed by atoms with Crippen molar-refractivity contribution < 1.29 is 90.0 Å². The summed E-state index contributed by atoms with van der Waals surface area (Å²) in [5.74, 6) is -0.0210. The van der Waals surface area contributed by atoms with E-state index >= 15 is 0 Å². The first kappa shape index (κ1) is 105. The molecule has 0 saturated heterocycles. The predicted octanol–water partition coefficient (Wildman–Crippen LogP) is 31.6. The largest absolute Gasteiger partial charge is 0.512 e. The van der Waals surface area contributed by atoms with Crippen LogP contribution < -0.4 is 0 Å². The minimum absolute atomic E-state index is 0. The zero-order chi connectivity index (χ0) is 95.2. The molecule has 0 spiro atoms. The molecule has 12 aromatic carbocycles. The zero-order valence-electron chi connectivity index (χ0n) is 82.5. The summed E-state index contributed by atoms with van der Waals surface area (Å²) in [7, 11) is 0. The van der Waals surface area contributed by atoms with Crippen molar-refractivity contribution in [1.29, 1.82) is 0 Å². The van der Waals surface area contributed by atoms with Crippen molar-refractivity contribution >= 4 is 50.1 Å². The van der Waals surface area contributed by atoms with Gasteiger partial charge in [-0.05, 0) is 227 Å². The second-order valence-electron chi connectivity index (χ2n) is 39.9. The number of nitrogens with zero attached hydrogens (tertiary/aromatic N) is 3. The van der Waals surface area contributed by atoms with Gasteiger partial charge in [-0.15, -0.1) is 105 Å². The quantitative estimate of drug-likeness (QED) is 0.0729. The molecule has 693 valence electrons. The average molecular weight is 2300 g/mol. The minimum Gasteiger partial charge on any atom is -0.512 e. The molecule has 15 aromatic rings. The molecule has 134 heavy (non-hydrogen) atoms. The maximum absolute atomic E-state index is 11.5. The fourth-order valence-corrected chi connectivity index (χ4v) is 18.6. The van der Waals surface area contributed by atoms with E-state index in [9.17, 15) is 19.5 Å². The summed E-state index contributed by atoms with van der Waals surface area (Å²) >= 11 is 0. The van der Waals surface area contributed by atoms with Crippen LogP contribution in [-0.4, -0.2) is 47.6 Å². The van der Waals surface area contributed by atoms with Gasteiger partial charge >= 0.3 is 0 Å². The van der Waals surface area contributed by atoms with E-state index in [0.29, 0.717) is 0 Å². The molecule has 3 aliphatic carbocycles. The van der Waals surface area contributed by atoms with Gasteiger partial charge in [-0.2, -0.15) is 0 Å². The Morgan fingerprint density at radius 3 is 0.978 bits per heavy atom. The van der Waals surface area contributed by atoms with Gasteiger partial charge in [-0.25, -0.2) is 0 Å². The normalized spacial score (nSPS) is 13.2. The molecule has 0 atom stereocenters. The first-order valence-corrected chi connectivity index (χ1v) is 45.3. The van der Waals surface area contributed by atoms with Gasteiger partial charge in [0.2, 0.25) is 0 Å². The molecular weight excluding hydrogens is 2180 g/mol. The maximum Gasteiger partial charge on any atom is 0.164 e. The SMILES string of the molecule is CC(=O)C=C(C)O.CC(=O)C=C(C)O.CC(C)(C)C(=O)C=C(O)C(C)(C)C.Cc1[c-]c(-c2cc(-c3cc(C)ccc3C)c3cc4c(cc3n2)C(C)(C)c2ccccc2-4)cc(C)c1.Cc1[c-]c(-c2cc(-c3ccc(C)cc3C)c3cc4c(cc3n2)C(C)(C)c2ccccc2-4)cc(C)c1.Cc1[c-]c(-c2cc(-c3cccc(C)c3)c3cc4c(cc3n2)C(C)(C)c2ccccc2-4)cc(C)c1.[Ir].[Ir].[Ir]. The van der Waals surface area contributed by atoms with Gasteiger partial charge in [0.25, 0.3) is 0 Å². The smallest absolute Gasteiger partial charge is 0.164 e. The van der Waals surface area contributed by atoms with Crippen molar-refractivity contribution in [2.75, 3.05) is 0 Å². The van der Waals surface area contributed by atoms with Crippen molar-refractivity contribution in [3.8, 4) is 101 Å². The number of pyridine rings is 3. The van der Waals surface area contributed by atoms with Crippen LogP contribution in [-0.2, 0) is 90.9 Å². The second kappa shape index (κ2) is 41.7. The Kier molecular flexibility index (Phi) is 32.6. The molecule has 0 amide bonds. The van der Waals surface area contributed by atoms with Crippen LogP contribution in [0.5, 0.6) is 0 Å². The molecule has 0 saturated carbocycles. The van der Waals surface area contributed by atoms with Gasteiger partial charge in [0.15, 0.2) is 17.3 Å². The van der Waals surface area contributed by atoms with Crippen LogP contribution in [0.3, 0.4) is 0 Å². The number of carbonyl (C=O) groups excluding carboxylic acids is 3. The number of carbonyl (C=O) groups is 3. The van der Waals surface area contributed by atoms with Crippen LogP contribution in [0.25, 0.3) is 133 Å². The predicted molar refractivity (Wildman–Crippen MR) is 548 cm³/mol. The number of rotatable bonds is 9. The van der Waals surface area contributed by atoms with E-state index in [1.165, 1.54) is 207 Å². The van der Waals surface area contributed by atoms with Gasteiger partial charge in [0.05, 0.1) is 28.1 Å². The van der Waals surface area contributed by atoms with Crippen LogP contribution >= 0.6 is 0 Å². The third kappa shape index (κ3) is 23.0. The van der Waals surface area contributed by atoms with E-state index in [1.807, 2.05) is 41.5 Å². The van der Waals surface area contributed by atoms with E-state index in [4.69, 9.17) is 25.2 Å². The number of aliphatic hydroxyl groups excluding tert-OH is 3. The molecule has 3 heterocycles. The number of benzene rings is 12. The van der Waals surface area contributed by atoms with E-state index in [0.717, 1.165) is 67.0 Å². The monoisotopic (exact) mass is 2310 g/mol. The molecule has 9 nitrogen and oxygen atoms in total. The Balaban J connectivity index is 0.000000181. The third-order valence-electron chi connectivity index (χ3n) is 25.1. The Morgan fingerprint density at radius 1 is 0.299 bits per heavy atom. The van der Waals surface area contributed by atoms with Crippen LogP contribution in [0.15, 0.2) is 260 Å². The maximum atomic E-state index is 11.5. The summed E-state index contributed by atoms with van der Waals surface area (Å²) in [4.78, 5) is 47.2. The topological polar surface area (TPSA) is 151 Å². The molecule has 12 heteroatoms. The number of allylic oxidation sites excluding steroid dienone is 6. The van der Waals surface area contributed by atoms with Crippen molar-refractivity contribution in [3.05, 3.63) is 373 Å². The van der Waals surface area contributed by atoms with Crippen LogP contribution in [0.1, 0.15) is 205 Å². The number of hydrogen-bond donors (Lipinski definition) is 3. The molecule has 0 aliphatic heterocycles. The molecule has 0 unspecified atom stereocenters. The molecule has 3 N–H and O–H groups in total. The number of aromatic nitrogens is 3. The summed E-state index contributed by atoms with van der Waals surface area (Å²) < 4.78 is 0. The first-order chi connectivity index (χ1) is 61.5. The number of fused-ring (bicyclic) bond motifs is 12. The Morgan fingerprint density at radius 2 is 0.642 bits per heavy atom. The van der Waals surface area contributed by atoms with Gasteiger partial charge < -0.3 is 15.3 Å². The van der Waals surface area contributed by atoms with Crippen molar-refractivity contribution in [2.24, 2.45) is 10.8 Å². The summed E-state index contributed by atoms with van der Waals surface area (Å²) in [5, 5.41) is 29.9. The Labute approximate surface area is 835 Å². The van der Waals surface area contributed by atoms with Gasteiger partial charge in [0, 0.05) is 122 Å². The molecule has 3 aliphatic rings.